The van der Waals surface area contributed by atoms with Gasteiger partial charge in [-0.15, -0.1) is 4.72 Å². The molecule has 0 aliphatic heterocycles. The molecular weight excluding hydrogens is 538 g/mol. The van der Waals surface area contributed by atoms with E-state index in [4.69, 9.17) is 4.74 Å². The first-order valence-electron chi connectivity index (χ1n) is 11.9. The van der Waals surface area contributed by atoms with Gasteiger partial charge in [0.1, 0.15) is 17.3 Å². The van der Waals surface area contributed by atoms with E-state index in [1.54, 1.807) is 4.57 Å². The highest BCUT2D eigenvalue weighted by molar-refractivity contribution is 9.10. The number of imidazole rings is 1. The molecule has 34 heavy (non-hydrogen) atoms. The van der Waals surface area contributed by atoms with Gasteiger partial charge < -0.3 is 14.4 Å². The summed E-state index contributed by atoms with van der Waals surface area (Å²) in [6.45, 7) is 15.0. The van der Waals surface area contributed by atoms with Crippen molar-refractivity contribution in [3.63, 3.8) is 0 Å². The fourth-order valence-corrected chi connectivity index (χ4v) is 5.26. The van der Waals surface area contributed by atoms with Crippen LogP contribution in [-0.2, 0) is 27.6 Å². The summed E-state index contributed by atoms with van der Waals surface area (Å²) in [4.78, 5) is 27.9. The Balaban J connectivity index is 3.14. The molecule has 8 nitrogen and oxygen atoms in total. The van der Waals surface area contributed by atoms with Crippen LogP contribution < -0.4 is 4.72 Å². The minimum absolute atomic E-state index is 0.0785. The first-order valence-corrected chi connectivity index (χ1v) is 17.6. The molecule has 0 spiro atoms. The third-order valence-electron chi connectivity index (χ3n) is 5.36. The highest BCUT2D eigenvalue weighted by Gasteiger charge is 2.34. The largest absolute Gasteiger partial charge is 0.598 e. The maximum absolute atomic E-state index is 13.0. The summed E-state index contributed by atoms with van der Waals surface area (Å²) in [6, 6.07) is 0.500. The van der Waals surface area contributed by atoms with Crippen LogP contribution in [-0.4, -0.2) is 50.4 Å². The van der Waals surface area contributed by atoms with E-state index in [9.17, 15) is 19.2 Å². The summed E-state index contributed by atoms with van der Waals surface area (Å²) >= 11 is 1.98. The van der Waals surface area contributed by atoms with Gasteiger partial charge in [-0.1, -0.05) is 39.4 Å². The second-order valence-corrected chi connectivity index (χ2v) is 19.1. The number of ketones is 1. The molecule has 196 valence electrons. The van der Waals surface area contributed by atoms with E-state index in [1.165, 1.54) is 0 Å². The highest BCUT2D eigenvalue weighted by Crippen LogP contribution is 2.30. The molecule has 2 atom stereocenters. The average molecular weight is 581 g/mol. The highest BCUT2D eigenvalue weighted by atomic mass is 79.9. The van der Waals surface area contributed by atoms with Gasteiger partial charge in [-0.3, -0.25) is 9.36 Å². The summed E-state index contributed by atoms with van der Waals surface area (Å²) in [5.41, 5.74) is 0.375. The lowest BCUT2D eigenvalue weighted by Gasteiger charge is -2.29. The average Bonchev–Trinajstić information content (AvgIpc) is 3.04. The van der Waals surface area contributed by atoms with E-state index in [-0.39, 0.29) is 18.2 Å². The second-order valence-electron chi connectivity index (χ2n) is 10.7. The number of halogens is 1. The minimum Gasteiger partial charge on any atom is -0.598 e. The molecule has 0 aliphatic carbocycles. The summed E-state index contributed by atoms with van der Waals surface area (Å²) in [5, 5.41) is 9.85. The van der Waals surface area contributed by atoms with Crippen molar-refractivity contribution in [3.8, 4) is 0 Å². The lowest BCUT2D eigenvalue weighted by molar-refractivity contribution is -0.118. The van der Waals surface area contributed by atoms with E-state index >= 15 is 0 Å². The third kappa shape index (κ3) is 10.9. The van der Waals surface area contributed by atoms with Gasteiger partial charge >= 0.3 is 5.97 Å². The molecule has 1 heterocycles. The molecule has 0 fully saturated rings. The summed E-state index contributed by atoms with van der Waals surface area (Å²) < 4.78 is 23.6. The Bertz CT molecular complexity index is 808. The van der Waals surface area contributed by atoms with Crippen molar-refractivity contribution >= 4 is 47.1 Å². The maximum atomic E-state index is 13.0. The quantitative estimate of drug-likeness (QED) is 0.147. The summed E-state index contributed by atoms with van der Waals surface area (Å²) in [5.74, 6) is -0.896. The first kappa shape index (κ1) is 31.3. The molecule has 0 aromatic carbocycles. The van der Waals surface area contributed by atoms with E-state index in [0.717, 1.165) is 25.3 Å². The number of carbonyl (C=O) groups excluding carboxylic acids is 1. The minimum atomic E-state index is -1.41. The molecule has 2 N–H and O–H groups in total. The van der Waals surface area contributed by atoms with E-state index in [2.05, 4.69) is 45.3 Å². The SMILES string of the molecule is CCC(=O)CCCCCC(N[S@+]([O-])C(C)(C)C)c1c(C(=O)O)nc(Br)n1COCC[Si](C)(C)C. The van der Waals surface area contributed by atoms with E-state index in [0.29, 0.717) is 36.3 Å². The second kappa shape index (κ2) is 14.1. The maximum Gasteiger partial charge on any atom is 0.356 e. The molecule has 0 radical (unpaired) electrons. The van der Waals surface area contributed by atoms with Crippen LogP contribution in [0.2, 0.25) is 25.7 Å². The van der Waals surface area contributed by atoms with Crippen molar-refractivity contribution in [2.45, 2.75) is 109 Å². The molecule has 0 saturated carbocycles. The number of nitrogens with zero attached hydrogens (tertiary/aromatic N) is 2. The standard InChI is InChI=1S/C23H42BrN3O5SSi/c1-8-17(28)12-10-9-11-13-18(26-33(31)23(2,3)4)20-19(21(29)30)25-22(24)27(20)16-32-14-15-34(5,6)7/h18,26H,8-16H2,1-7H3,(H,29,30)/t18?,33-/m1/s1. The van der Waals surface area contributed by atoms with Gasteiger partial charge in [0.2, 0.25) is 0 Å². The zero-order valence-electron chi connectivity index (χ0n) is 21.7. The van der Waals surface area contributed by atoms with Crippen LogP contribution in [0.1, 0.15) is 88.4 Å². The van der Waals surface area contributed by atoms with E-state index in [1.807, 2.05) is 27.7 Å². The zero-order valence-corrected chi connectivity index (χ0v) is 25.1. The number of aromatic carboxylic acids is 1. The van der Waals surface area contributed by atoms with Gasteiger partial charge in [-0.25, -0.2) is 9.78 Å². The molecule has 1 unspecified atom stereocenters. The summed E-state index contributed by atoms with van der Waals surface area (Å²) in [6.07, 6.45) is 4.04. The van der Waals surface area contributed by atoms with Crippen LogP contribution in [0.3, 0.4) is 0 Å². The lowest BCUT2D eigenvalue weighted by Crippen LogP contribution is -2.42. The smallest absolute Gasteiger partial charge is 0.356 e. The lowest BCUT2D eigenvalue weighted by atomic mass is 10.0. The Labute approximate surface area is 217 Å². The number of hydrogen-bond donors (Lipinski definition) is 2. The molecular formula is C23H42BrN3O5SSi. The predicted octanol–water partition coefficient (Wildman–Crippen LogP) is 5.68. The van der Waals surface area contributed by atoms with Gasteiger partial charge in [-0.2, -0.15) is 0 Å². The fraction of sp³-hybridized carbons (Fsp3) is 0.783. The number of rotatable bonds is 16. The number of carboxylic acid groups (broad SMARTS) is 1. The molecule has 0 aliphatic rings. The number of nitrogens with one attached hydrogen (secondary N) is 1. The Morgan fingerprint density at radius 1 is 1.26 bits per heavy atom. The van der Waals surface area contributed by atoms with Gasteiger partial charge in [0, 0.05) is 38.9 Å². The van der Waals surface area contributed by atoms with Crippen molar-refractivity contribution in [3.05, 3.63) is 16.1 Å². The van der Waals surface area contributed by atoms with Gasteiger partial charge in [-0.05, 0) is 55.6 Å². The van der Waals surface area contributed by atoms with Gasteiger partial charge in [0.05, 0.1) is 11.7 Å². The molecule has 1 aromatic heterocycles. The number of aromatic nitrogens is 2. The molecule has 0 amide bonds. The van der Waals surface area contributed by atoms with Gasteiger partial charge in [0.25, 0.3) is 0 Å². The van der Waals surface area contributed by atoms with Gasteiger partial charge in [0.15, 0.2) is 10.4 Å². The Morgan fingerprint density at radius 2 is 1.91 bits per heavy atom. The number of Topliss-reactive ketones (excluding diaryl/α,β-unsaturated/α-hetero) is 1. The van der Waals surface area contributed by atoms with Crippen LogP contribution in [0.4, 0.5) is 0 Å². The van der Waals surface area contributed by atoms with Crippen molar-refractivity contribution in [2.75, 3.05) is 6.61 Å². The van der Waals surface area contributed by atoms with Crippen molar-refractivity contribution in [2.24, 2.45) is 0 Å². The number of carbonyl (C=O) groups is 2. The van der Waals surface area contributed by atoms with Crippen molar-refractivity contribution < 1.29 is 24.0 Å². The number of hydrogen-bond acceptors (Lipinski definition) is 6. The third-order valence-corrected chi connectivity index (χ3v) is 9.28. The monoisotopic (exact) mass is 579 g/mol. The normalized spacial score (nSPS) is 14.3. The molecule has 1 aromatic rings. The fourth-order valence-electron chi connectivity index (χ4n) is 3.19. The van der Waals surface area contributed by atoms with Crippen LogP contribution in [0.15, 0.2) is 4.73 Å². The van der Waals surface area contributed by atoms with Crippen molar-refractivity contribution in [1.29, 1.82) is 0 Å². The molecule has 0 saturated heterocycles. The Morgan fingerprint density at radius 3 is 2.44 bits per heavy atom. The Kier molecular flexibility index (Phi) is 13.0. The molecule has 1 rings (SSSR count). The van der Waals surface area contributed by atoms with Crippen LogP contribution >= 0.6 is 15.9 Å². The topological polar surface area (TPSA) is 117 Å². The van der Waals surface area contributed by atoms with E-state index < -0.39 is 36.2 Å². The van der Waals surface area contributed by atoms with Crippen LogP contribution in [0.25, 0.3) is 0 Å². The molecule has 11 heteroatoms. The zero-order chi connectivity index (χ0) is 26.1. The van der Waals surface area contributed by atoms with Crippen LogP contribution in [0.5, 0.6) is 0 Å². The number of unbranched alkanes of at least 4 members (excludes halogenated alkanes) is 2. The van der Waals surface area contributed by atoms with Crippen molar-refractivity contribution in [1.82, 2.24) is 14.3 Å². The number of ether oxygens (including phenoxy) is 1. The molecule has 0 bridgehead atoms. The Hall–Kier alpha value is -0.723. The first-order chi connectivity index (χ1) is 15.7. The van der Waals surface area contributed by atoms with Crippen LogP contribution in [0, 0.1) is 0 Å². The number of carboxylic acids is 1. The predicted molar refractivity (Wildman–Crippen MR) is 143 cm³/mol. The summed E-state index contributed by atoms with van der Waals surface area (Å²) in [7, 11) is -1.27.